The zero-order valence-corrected chi connectivity index (χ0v) is 20.8. The molecule has 1 saturated heterocycles. The molecular weight excluding hydrogens is 503 g/mol. The minimum Gasteiger partial charge on any atom is -0.397 e. The molecule has 0 atom stereocenters. The first-order chi connectivity index (χ1) is 18.8. The van der Waals surface area contributed by atoms with Crippen molar-refractivity contribution in [1.82, 2.24) is 24.8 Å². The van der Waals surface area contributed by atoms with Gasteiger partial charge in [-0.3, -0.25) is 20.3 Å². The van der Waals surface area contributed by atoms with Crippen molar-refractivity contribution in [3.8, 4) is 22.4 Å². The Morgan fingerprint density at radius 1 is 1.05 bits per heavy atom. The van der Waals surface area contributed by atoms with Crippen LogP contribution in [0.4, 0.5) is 18.9 Å². The Bertz CT molecular complexity index is 1710. The Morgan fingerprint density at radius 3 is 2.69 bits per heavy atom. The smallest absolute Gasteiger partial charge is 0.261 e. The molecule has 7 nitrogen and oxygen atoms in total. The second kappa shape index (κ2) is 9.63. The quantitative estimate of drug-likeness (QED) is 0.247. The zero-order chi connectivity index (χ0) is 27.1. The van der Waals surface area contributed by atoms with E-state index in [0.29, 0.717) is 58.0 Å². The van der Waals surface area contributed by atoms with Gasteiger partial charge in [0.1, 0.15) is 11.5 Å². The number of nitrogens with one attached hydrogen (secondary N) is 2. The van der Waals surface area contributed by atoms with E-state index >= 15 is 0 Å². The van der Waals surface area contributed by atoms with Crippen LogP contribution in [0.1, 0.15) is 23.4 Å². The van der Waals surface area contributed by atoms with Crippen molar-refractivity contribution in [1.29, 1.82) is 5.41 Å². The number of fused-ring (bicyclic) bond motifs is 1. The van der Waals surface area contributed by atoms with E-state index < -0.39 is 5.92 Å². The first-order valence-electron chi connectivity index (χ1n) is 12.4. The van der Waals surface area contributed by atoms with Gasteiger partial charge < -0.3 is 10.7 Å². The third-order valence-corrected chi connectivity index (χ3v) is 6.83. The Kier molecular flexibility index (Phi) is 6.11. The van der Waals surface area contributed by atoms with E-state index in [2.05, 4.69) is 19.9 Å². The predicted molar refractivity (Wildman–Crippen MR) is 144 cm³/mol. The number of aromatic amines is 1. The molecule has 0 saturated carbocycles. The van der Waals surface area contributed by atoms with Gasteiger partial charge in [-0.05, 0) is 41.5 Å². The molecule has 0 radical (unpaired) electrons. The highest BCUT2D eigenvalue weighted by molar-refractivity contribution is 6.13. The van der Waals surface area contributed by atoms with Crippen molar-refractivity contribution < 1.29 is 13.2 Å². The molecular formula is C29H24F3N7. The number of nitrogen functional groups attached to an aromatic ring is 1. The number of likely N-dealkylation sites (tertiary alicyclic amines) is 1. The fourth-order valence-electron chi connectivity index (χ4n) is 4.92. The fraction of sp³-hybridized carbons (Fsp3) is 0.172. The first kappa shape index (κ1) is 24.7. The fourth-order valence-corrected chi connectivity index (χ4v) is 4.92. The third-order valence-electron chi connectivity index (χ3n) is 6.83. The highest BCUT2D eigenvalue weighted by Gasteiger charge is 2.37. The Hall–Kier alpha value is -4.57. The van der Waals surface area contributed by atoms with E-state index in [1.807, 2.05) is 30.3 Å². The summed E-state index contributed by atoms with van der Waals surface area (Å²) in [6.45, 7) is 0.425. The van der Waals surface area contributed by atoms with Gasteiger partial charge >= 0.3 is 0 Å². The van der Waals surface area contributed by atoms with Crippen LogP contribution < -0.4 is 5.73 Å². The summed E-state index contributed by atoms with van der Waals surface area (Å²) in [6, 6.07) is 15.4. The molecule has 10 heteroatoms. The molecule has 0 aliphatic carbocycles. The van der Waals surface area contributed by atoms with E-state index in [0.717, 1.165) is 11.1 Å². The lowest BCUT2D eigenvalue weighted by Gasteiger charge is -2.16. The minimum atomic E-state index is -2.66. The number of H-pyrrole nitrogens is 1. The van der Waals surface area contributed by atoms with E-state index in [1.54, 1.807) is 29.4 Å². The zero-order valence-electron chi connectivity index (χ0n) is 20.8. The maximum Gasteiger partial charge on any atom is 0.261 e. The van der Waals surface area contributed by atoms with Crippen LogP contribution in [-0.2, 0) is 6.54 Å². The molecule has 1 aliphatic heterocycles. The minimum absolute atomic E-state index is 0.0703. The molecule has 1 aliphatic rings. The average Bonchev–Trinajstić information content (AvgIpc) is 3.51. The summed E-state index contributed by atoms with van der Waals surface area (Å²) in [5.41, 5.74) is 11.8. The van der Waals surface area contributed by atoms with Gasteiger partial charge in [0.05, 0.1) is 35.2 Å². The van der Waals surface area contributed by atoms with Crippen LogP contribution in [0, 0.1) is 11.2 Å². The van der Waals surface area contributed by atoms with E-state index in [9.17, 15) is 13.2 Å². The molecule has 3 aromatic heterocycles. The number of imidazole rings is 1. The van der Waals surface area contributed by atoms with Crippen molar-refractivity contribution in [2.24, 2.45) is 0 Å². The van der Waals surface area contributed by atoms with Crippen molar-refractivity contribution in [3.05, 3.63) is 96.0 Å². The molecule has 5 aromatic rings. The second-order valence-corrected chi connectivity index (χ2v) is 9.73. The number of para-hydroxylation sites is 1. The summed E-state index contributed by atoms with van der Waals surface area (Å²) < 4.78 is 41.1. The third kappa shape index (κ3) is 4.98. The molecule has 1 fully saturated rings. The van der Waals surface area contributed by atoms with Gasteiger partial charge in [0.15, 0.2) is 5.82 Å². The molecule has 0 bridgehead atoms. The van der Waals surface area contributed by atoms with Crippen LogP contribution in [0.5, 0.6) is 0 Å². The summed E-state index contributed by atoms with van der Waals surface area (Å²) in [4.78, 5) is 18.3. The van der Waals surface area contributed by atoms with Crippen LogP contribution >= 0.6 is 0 Å². The summed E-state index contributed by atoms with van der Waals surface area (Å²) in [6.07, 6.45) is 4.63. The van der Waals surface area contributed by atoms with E-state index in [4.69, 9.17) is 11.1 Å². The van der Waals surface area contributed by atoms with Crippen LogP contribution in [0.15, 0.2) is 73.2 Å². The topological polar surface area (TPSA) is 108 Å². The molecule has 4 heterocycles. The summed E-state index contributed by atoms with van der Waals surface area (Å²) in [7, 11) is 0. The van der Waals surface area contributed by atoms with Gasteiger partial charge in [-0.25, -0.2) is 18.2 Å². The second-order valence-electron chi connectivity index (χ2n) is 9.73. The molecule has 0 amide bonds. The molecule has 2 aromatic carbocycles. The average molecular weight is 528 g/mol. The number of alkyl halides is 2. The lowest BCUT2D eigenvalue weighted by Crippen LogP contribution is -2.24. The van der Waals surface area contributed by atoms with Crippen molar-refractivity contribution in [2.75, 3.05) is 18.8 Å². The van der Waals surface area contributed by atoms with Gasteiger partial charge in [-0.15, -0.1) is 0 Å². The molecule has 0 unspecified atom stereocenters. The number of pyridine rings is 2. The van der Waals surface area contributed by atoms with Gasteiger partial charge in [0.25, 0.3) is 5.92 Å². The van der Waals surface area contributed by atoms with Crippen molar-refractivity contribution in [2.45, 2.75) is 18.9 Å². The Morgan fingerprint density at radius 2 is 1.90 bits per heavy atom. The molecule has 0 spiro atoms. The monoisotopic (exact) mass is 527 g/mol. The van der Waals surface area contributed by atoms with Crippen LogP contribution in [-0.4, -0.2) is 49.6 Å². The van der Waals surface area contributed by atoms with Crippen LogP contribution in [0.25, 0.3) is 33.4 Å². The van der Waals surface area contributed by atoms with E-state index in [1.165, 1.54) is 18.3 Å². The van der Waals surface area contributed by atoms with Gasteiger partial charge in [0.2, 0.25) is 0 Å². The normalized spacial score (nSPS) is 15.2. The number of nitrogens with two attached hydrogens (primary N) is 1. The maximum atomic E-state index is 13.9. The molecule has 4 N–H and O–H groups in total. The Balaban J connectivity index is 1.31. The SMILES string of the molecule is N=C(c1nc2c(-c3cccc(F)c3)cccc2[nH]1)c1cc(-c2cncc(CN3CCC(F)(F)C3)c2)ncc1N. The number of aromatic nitrogens is 4. The number of nitrogens with zero attached hydrogens (tertiary/aromatic N) is 4. The molecule has 6 rings (SSSR count). The van der Waals surface area contributed by atoms with Crippen LogP contribution in [0.2, 0.25) is 0 Å². The summed E-state index contributed by atoms with van der Waals surface area (Å²) in [5.74, 6) is -2.70. The predicted octanol–water partition coefficient (Wildman–Crippen LogP) is 5.67. The van der Waals surface area contributed by atoms with Crippen molar-refractivity contribution >= 4 is 22.4 Å². The largest absolute Gasteiger partial charge is 0.397 e. The van der Waals surface area contributed by atoms with Gasteiger partial charge in [-0.1, -0.05) is 24.3 Å². The summed E-state index contributed by atoms with van der Waals surface area (Å²) >= 11 is 0. The van der Waals surface area contributed by atoms with Gasteiger partial charge in [-0.2, -0.15) is 0 Å². The number of rotatable bonds is 6. The number of benzene rings is 2. The number of hydrogen-bond donors (Lipinski definition) is 3. The van der Waals surface area contributed by atoms with Gasteiger partial charge in [0, 0.05) is 48.6 Å². The number of halogens is 3. The van der Waals surface area contributed by atoms with E-state index in [-0.39, 0.29) is 24.5 Å². The highest BCUT2D eigenvalue weighted by Crippen LogP contribution is 2.30. The van der Waals surface area contributed by atoms with Crippen molar-refractivity contribution in [3.63, 3.8) is 0 Å². The van der Waals surface area contributed by atoms with Crippen LogP contribution in [0.3, 0.4) is 0 Å². The number of hydrogen-bond acceptors (Lipinski definition) is 6. The highest BCUT2D eigenvalue weighted by atomic mass is 19.3. The summed E-state index contributed by atoms with van der Waals surface area (Å²) in [5, 5.41) is 8.89. The Labute approximate surface area is 222 Å². The standard InChI is InChI=1S/C29H24F3N7/c30-20-4-1-3-18(10-20)21-5-2-6-24-27(21)38-28(37-24)26(34)22-11-25(36-14-23(22)33)19-9-17(12-35-13-19)15-39-8-7-29(31,32)16-39/h1-6,9-14,34H,7-8,15-16,33H2,(H,37,38). The first-order valence-corrected chi connectivity index (χ1v) is 12.4. The molecule has 39 heavy (non-hydrogen) atoms. The lowest BCUT2D eigenvalue weighted by atomic mass is 10.0. The molecule has 196 valence electrons. The number of anilines is 1. The maximum absolute atomic E-state index is 13.9. The lowest BCUT2D eigenvalue weighted by molar-refractivity contribution is 0.0115.